The van der Waals surface area contributed by atoms with E-state index in [1.54, 1.807) is 7.05 Å². The highest BCUT2D eigenvalue weighted by Gasteiger charge is 2.26. The second kappa shape index (κ2) is 11.4. The first-order chi connectivity index (χ1) is 10.7. The first-order valence-electron chi connectivity index (χ1n) is 8.37. The average molecular weight is 313 g/mol. The van der Waals surface area contributed by atoms with Crippen LogP contribution in [-0.4, -0.2) is 62.5 Å². The van der Waals surface area contributed by atoms with Crippen molar-refractivity contribution >= 4 is 11.8 Å². The molecule has 0 bridgehead atoms. The van der Waals surface area contributed by atoms with Gasteiger partial charge in [0.05, 0.1) is 6.04 Å². The average Bonchev–Trinajstić information content (AvgIpc) is 2.55. The van der Waals surface area contributed by atoms with E-state index in [9.17, 15) is 9.59 Å². The van der Waals surface area contributed by atoms with Crippen LogP contribution in [0.3, 0.4) is 0 Å². The number of piperidine rings is 1. The Morgan fingerprint density at radius 1 is 1.14 bits per heavy atom. The van der Waals surface area contributed by atoms with E-state index in [1.165, 1.54) is 6.42 Å². The maximum absolute atomic E-state index is 12.2. The number of hydrogen-bond donors (Lipinski definition) is 4. The highest BCUT2D eigenvalue weighted by molar-refractivity contribution is 5.82. The molecule has 128 valence electrons. The van der Waals surface area contributed by atoms with Gasteiger partial charge in [0.2, 0.25) is 11.8 Å². The Morgan fingerprint density at radius 3 is 2.64 bits per heavy atom. The molecule has 1 aliphatic heterocycles. The number of amides is 2. The maximum Gasteiger partial charge on any atom is 0.237 e. The van der Waals surface area contributed by atoms with Gasteiger partial charge >= 0.3 is 0 Å². The highest BCUT2D eigenvalue weighted by atomic mass is 16.2. The van der Waals surface area contributed by atoms with Crippen LogP contribution in [0.1, 0.15) is 39.0 Å². The number of carbonyl (C=O) groups excluding carboxylic acids is 2. The number of likely N-dealkylation sites (N-methyl/N-ethyl adjacent to an activating group) is 1. The Labute approximate surface area is 133 Å². The fourth-order valence-corrected chi connectivity index (χ4v) is 2.72. The molecule has 1 heterocycles. The summed E-state index contributed by atoms with van der Waals surface area (Å²) in [4.78, 5) is 26.0. The van der Waals surface area contributed by atoms with Crippen molar-refractivity contribution in [3.63, 3.8) is 0 Å². The summed E-state index contributed by atoms with van der Waals surface area (Å²) in [5.41, 5.74) is 5.75. The number of rotatable bonds is 10. The van der Waals surface area contributed by atoms with Crippen molar-refractivity contribution in [1.29, 1.82) is 0 Å². The number of nitrogens with zero attached hydrogens (tertiary/aromatic N) is 1. The molecule has 0 aromatic heterocycles. The van der Waals surface area contributed by atoms with Gasteiger partial charge in [-0.2, -0.15) is 0 Å². The third-order valence-corrected chi connectivity index (χ3v) is 3.95. The Bertz CT molecular complexity index is 338. The van der Waals surface area contributed by atoms with E-state index in [4.69, 9.17) is 0 Å². The minimum Gasteiger partial charge on any atom is -0.354 e. The largest absolute Gasteiger partial charge is 0.354 e. The molecular weight excluding hydrogens is 282 g/mol. The van der Waals surface area contributed by atoms with Crippen molar-refractivity contribution in [1.82, 2.24) is 26.4 Å². The van der Waals surface area contributed by atoms with E-state index >= 15 is 0 Å². The maximum atomic E-state index is 12.2. The van der Waals surface area contributed by atoms with Crippen molar-refractivity contribution < 1.29 is 9.59 Å². The lowest BCUT2D eigenvalue weighted by atomic mass is 10.0. The standard InChI is InChI=1S/C15H31N5O2/c1-3-20-12-5-4-7-13(20)15(22)18-11-10-17-14(21)8-6-9-19-16-2/h13,16,19H,3-12H2,1-2H3,(H,17,21)(H,18,22). The summed E-state index contributed by atoms with van der Waals surface area (Å²) in [6.07, 6.45) is 4.51. The van der Waals surface area contributed by atoms with E-state index in [1.807, 2.05) is 0 Å². The second-order valence-electron chi connectivity index (χ2n) is 5.56. The normalized spacial score (nSPS) is 18.9. The van der Waals surface area contributed by atoms with Gasteiger partial charge in [-0.25, -0.2) is 0 Å². The first-order valence-corrected chi connectivity index (χ1v) is 8.37. The van der Waals surface area contributed by atoms with Crippen LogP contribution in [0.4, 0.5) is 0 Å². The molecule has 1 unspecified atom stereocenters. The fraction of sp³-hybridized carbons (Fsp3) is 0.867. The molecule has 0 aromatic carbocycles. The van der Waals surface area contributed by atoms with E-state index in [0.717, 1.165) is 38.9 Å². The monoisotopic (exact) mass is 313 g/mol. The number of nitrogens with one attached hydrogen (secondary N) is 4. The summed E-state index contributed by atoms with van der Waals surface area (Å²) in [5, 5.41) is 5.76. The lowest BCUT2D eigenvalue weighted by Crippen LogP contribution is -2.50. The first kappa shape index (κ1) is 18.9. The molecule has 0 aromatic rings. The third-order valence-electron chi connectivity index (χ3n) is 3.95. The van der Waals surface area contributed by atoms with Crippen LogP contribution in [-0.2, 0) is 9.59 Å². The number of hydrazine groups is 1. The van der Waals surface area contributed by atoms with Gasteiger partial charge < -0.3 is 10.6 Å². The van der Waals surface area contributed by atoms with Crippen LogP contribution in [0.25, 0.3) is 0 Å². The van der Waals surface area contributed by atoms with Gasteiger partial charge in [-0.15, -0.1) is 0 Å². The molecule has 22 heavy (non-hydrogen) atoms. The van der Waals surface area contributed by atoms with Gasteiger partial charge in [0.25, 0.3) is 0 Å². The van der Waals surface area contributed by atoms with Gasteiger partial charge in [-0.05, 0) is 39.4 Å². The Kier molecular flexibility index (Phi) is 9.77. The smallest absolute Gasteiger partial charge is 0.237 e. The zero-order valence-electron chi connectivity index (χ0n) is 13.9. The van der Waals surface area contributed by atoms with Crippen molar-refractivity contribution in [3.05, 3.63) is 0 Å². The van der Waals surface area contributed by atoms with Crippen LogP contribution in [0, 0.1) is 0 Å². The molecule has 4 N–H and O–H groups in total. The SMILES string of the molecule is CCN1CCCCC1C(=O)NCCNC(=O)CCCNNC. The Balaban J connectivity index is 2.10. The van der Waals surface area contributed by atoms with E-state index in [0.29, 0.717) is 19.5 Å². The number of hydrogen-bond acceptors (Lipinski definition) is 5. The summed E-state index contributed by atoms with van der Waals surface area (Å²) in [7, 11) is 1.80. The topological polar surface area (TPSA) is 85.5 Å². The van der Waals surface area contributed by atoms with Crippen molar-refractivity contribution in [2.45, 2.75) is 45.1 Å². The summed E-state index contributed by atoms with van der Waals surface area (Å²) < 4.78 is 0. The van der Waals surface area contributed by atoms with Crippen LogP contribution in [0.5, 0.6) is 0 Å². The molecule has 0 saturated carbocycles. The molecule has 0 aliphatic carbocycles. The number of carbonyl (C=O) groups is 2. The van der Waals surface area contributed by atoms with Gasteiger partial charge in [-0.3, -0.25) is 25.3 Å². The minimum absolute atomic E-state index is 0.00192. The van der Waals surface area contributed by atoms with Crippen molar-refractivity contribution in [2.75, 3.05) is 39.8 Å². The van der Waals surface area contributed by atoms with E-state index in [2.05, 4.69) is 33.3 Å². The van der Waals surface area contributed by atoms with Crippen LogP contribution >= 0.6 is 0 Å². The van der Waals surface area contributed by atoms with Gasteiger partial charge in [-0.1, -0.05) is 13.3 Å². The molecule has 1 saturated heterocycles. The van der Waals surface area contributed by atoms with Gasteiger partial charge in [0.15, 0.2) is 0 Å². The molecule has 1 atom stereocenters. The Morgan fingerprint density at radius 2 is 1.91 bits per heavy atom. The predicted molar refractivity (Wildman–Crippen MR) is 87.2 cm³/mol. The Hall–Kier alpha value is -1.18. The molecule has 2 amide bonds. The second-order valence-corrected chi connectivity index (χ2v) is 5.56. The lowest BCUT2D eigenvalue weighted by molar-refractivity contribution is -0.128. The van der Waals surface area contributed by atoms with E-state index < -0.39 is 0 Å². The molecule has 7 heteroatoms. The van der Waals surface area contributed by atoms with Crippen molar-refractivity contribution in [3.8, 4) is 0 Å². The predicted octanol–water partition coefficient (Wildman–Crippen LogP) is -0.403. The van der Waals surface area contributed by atoms with Gasteiger partial charge in [0, 0.05) is 26.1 Å². The quantitative estimate of drug-likeness (QED) is 0.326. The van der Waals surface area contributed by atoms with Crippen LogP contribution < -0.4 is 21.5 Å². The summed E-state index contributed by atoms with van der Waals surface area (Å²) in [6, 6.07) is 0.00192. The molecule has 0 spiro atoms. The van der Waals surface area contributed by atoms with Crippen LogP contribution in [0.2, 0.25) is 0 Å². The fourth-order valence-electron chi connectivity index (χ4n) is 2.72. The molecule has 7 nitrogen and oxygen atoms in total. The molecule has 1 fully saturated rings. The summed E-state index contributed by atoms with van der Waals surface area (Å²) in [6.45, 7) is 5.75. The molecule has 1 rings (SSSR count). The molecular formula is C15H31N5O2. The zero-order chi connectivity index (χ0) is 16.2. The lowest BCUT2D eigenvalue weighted by Gasteiger charge is -2.33. The highest BCUT2D eigenvalue weighted by Crippen LogP contribution is 2.16. The minimum atomic E-state index is 0.00192. The van der Waals surface area contributed by atoms with Crippen molar-refractivity contribution in [2.24, 2.45) is 0 Å². The third kappa shape index (κ3) is 7.20. The number of likely N-dealkylation sites (tertiary alicyclic amines) is 1. The molecule has 1 aliphatic rings. The summed E-state index contributed by atoms with van der Waals surface area (Å²) in [5.74, 6) is 0.119. The van der Waals surface area contributed by atoms with Gasteiger partial charge in [0.1, 0.15) is 0 Å². The van der Waals surface area contributed by atoms with Crippen LogP contribution in [0.15, 0.2) is 0 Å². The zero-order valence-corrected chi connectivity index (χ0v) is 13.9. The van der Waals surface area contributed by atoms with E-state index in [-0.39, 0.29) is 17.9 Å². The molecule has 0 radical (unpaired) electrons. The summed E-state index contributed by atoms with van der Waals surface area (Å²) >= 11 is 0.